The van der Waals surface area contributed by atoms with Crippen LogP contribution < -0.4 is 10.9 Å². The molecule has 0 aliphatic heterocycles. The summed E-state index contributed by atoms with van der Waals surface area (Å²) < 4.78 is 1.56. The Morgan fingerprint density at radius 2 is 1.70 bits per heavy atom. The third-order valence-electron chi connectivity index (χ3n) is 4.55. The lowest BCUT2D eigenvalue weighted by Gasteiger charge is -2.16. The van der Waals surface area contributed by atoms with Crippen molar-refractivity contribution in [3.63, 3.8) is 0 Å². The van der Waals surface area contributed by atoms with Crippen molar-refractivity contribution in [1.82, 2.24) is 14.5 Å². The van der Waals surface area contributed by atoms with E-state index in [0.717, 1.165) is 5.69 Å². The second-order valence-electron chi connectivity index (χ2n) is 6.80. The van der Waals surface area contributed by atoms with E-state index in [0.29, 0.717) is 27.6 Å². The molecule has 1 atom stereocenters. The van der Waals surface area contributed by atoms with Gasteiger partial charge in [0.05, 0.1) is 21.8 Å². The van der Waals surface area contributed by atoms with E-state index in [1.807, 2.05) is 61.5 Å². The van der Waals surface area contributed by atoms with Crippen molar-refractivity contribution in [1.29, 1.82) is 0 Å². The number of nitrogens with zero attached hydrogens (tertiary/aromatic N) is 3. The van der Waals surface area contributed by atoms with Gasteiger partial charge in [0.2, 0.25) is 5.91 Å². The summed E-state index contributed by atoms with van der Waals surface area (Å²) in [5, 5.41) is 3.33. The van der Waals surface area contributed by atoms with E-state index in [2.05, 4.69) is 15.3 Å². The van der Waals surface area contributed by atoms with Crippen LogP contribution in [0.4, 0.5) is 5.82 Å². The number of fused-ring (bicyclic) bond motifs is 1. The van der Waals surface area contributed by atoms with Gasteiger partial charge in [-0.3, -0.25) is 14.2 Å². The SMILES string of the molecule is Cc1cccc(NC(=O)C(C)Sc2nc3ccccc3c(=O)n2-c2ccccc2)n1. The van der Waals surface area contributed by atoms with Crippen LogP contribution in [0, 0.1) is 6.92 Å². The molecule has 4 rings (SSSR count). The largest absolute Gasteiger partial charge is 0.310 e. The monoisotopic (exact) mass is 416 g/mol. The molecule has 0 bridgehead atoms. The molecule has 30 heavy (non-hydrogen) atoms. The Kier molecular flexibility index (Phi) is 5.63. The number of aryl methyl sites for hydroxylation is 1. The predicted octanol–water partition coefficient (Wildman–Crippen LogP) is 4.21. The fourth-order valence-electron chi connectivity index (χ4n) is 3.05. The number of hydrogen-bond donors (Lipinski definition) is 1. The molecule has 6 nitrogen and oxygen atoms in total. The van der Waals surface area contributed by atoms with Crippen LogP contribution in [-0.2, 0) is 4.79 Å². The lowest BCUT2D eigenvalue weighted by atomic mass is 10.2. The predicted molar refractivity (Wildman–Crippen MR) is 120 cm³/mol. The van der Waals surface area contributed by atoms with Crippen LogP contribution in [0.2, 0.25) is 0 Å². The molecule has 1 amide bonds. The number of carbonyl (C=O) groups excluding carboxylic acids is 1. The Bertz CT molecular complexity index is 1270. The number of rotatable bonds is 5. The van der Waals surface area contributed by atoms with Crippen molar-refractivity contribution in [2.24, 2.45) is 0 Å². The topological polar surface area (TPSA) is 76.9 Å². The van der Waals surface area contributed by atoms with Crippen molar-refractivity contribution >= 4 is 34.4 Å². The third-order valence-corrected chi connectivity index (χ3v) is 5.60. The molecule has 2 aromatic carbocycles. The maximum absolute atomic E-state index is 13.2. The minimum atomic E-state index is -0.490. The maximum atomic E-state index is 13.2. The summed E-state index contributed by atoms with van der Waals surface area (Å²) in [6.45, 7) is 3.65. The zero-order valence-electron chi connectivity index (χ0n) is 16.6. The first-order chi connectivity index (χ1) is 14.5. The highest BCUT2D eigenvalue weighted by atomic mass is 32.2. The zero-order chi connectivity index (χ0) is 21.1. The molecule has 0 aliphatic rings. The normalized spacial score (nSPS) is 11.9. The van der Waals surface area contributed by atoms with Crippen LogP contribution in [0.1, 0.15) is 12.6 Å². The van der Waals surface area contributed by atoms with Crippen LogP contribution in [-0.4, -0.2) is 25.7 Å². The average Bonchev–Trinajstić information content (AvgIpc) is 2.74. The molecule has 7 heteroatoms. The Hall–Kier alpha value is -3.45. The van der Waals surface area contributed by atoms with Gasteiger partial charge in [-0.15, -0.1) is 0 Å². The first-order valence-electron chi connectivity index (χ1n) is 9.51. The number of aromatic nitrogens is 3. The minimum absolute atomic E-state index is 0.165. The molecular formula is C23H20N4O2S. The van der Waals surface area contributed by atoms with E-state index in [4.69, 9.17) is 0 Å². The summed E-state index contributed by atoms with van der Waals surface area (Å²) in [4.78, 5) is 35.0. The Balaban J connectivity index is 1.71. The zero-order valence-corrected chi connectivity index (χ0v) is 17.4. The highest BCUT2D eigenvalue weighted by molar-refractivity contribution is 8.00. The summed E-state index contributed by atoms with van der Waals surface area (Å²) >= 11 is 1.24. The molecule has 4 aromatic rings. The van der Waals surface area contributed by atoms with Gasteiger partial charge >= 0.3 is 0 Å². The van der Waals surface area contributed by atoms with Gasteiger partial charge in [0.25, 0.3) is 5.56 Å². The van der Waals surface area contributed by atoms with E-state index in [9.17, 15) is 9.59 Å². The lowest BCUT2D eigenvalue weighted by Crippen LogP contribution is -2.26. The maximum Gasteiger partial charge on any atom is 0.266 e. The number of para-hydroxylation sites is 2. The molecular weight excluding hydrogens is 396 g/mol. The van der Waals surface area contributed by atoms with E-state index in [1.54, 1.807) is 29.7 Å². The number of thioether (sulfide) groups is 1. The number of carbonyl (C=O) groups is 1. The van der Waals surface area contributed by atoms with Crippen LogP contribution in [0.5, 0.6) is 0 Å². The van der Waals surface area contributed by atoms with Gasteiger partial charge in [-0.2, -0.15) is 0 Å². The summed E-state index contributed by atoms with van der Waals surface area (Å²) in [6, 6.07) is 22.0. The fraction of sp³-hybridized carbons (Fsp3) is 0.130. The molecule has 0 saturated carbocycles. The van der Waals surface area contributed by atoms with Crippen molar-refractivity contribution in [3.05, 3.63) is 88.8 Å². The first-order valence-corrected chi connectivity index (χ1v) is 10.4. The van der Waals surface area contributed by atoms with Gasteiger partial charge < -0.3 is 5.32 Å². The van der Waals surface area contributed by atoms with E-state index >= 15 is 0 Å². The lowest BCUT2D eigenvalue weighted by molar-refractivity contribution is -0.115. The number of benzene rings is 2. The van der Waals surface area contributed by atoms with Crippen LogP contribution >= 0.6 is 11.8 Å². The van der Waals surface area contributed by atoms with Gasteiger partial charge in [-0.1, -0.05) is 48.2 Å². The quantitative estimate of drug-likeness (QED) is 0.390. The van der Waals surface area contributed by atoms with E-state index in [-0.39, 0.29) is 11.5 Å². The molecule has 0 fully saturated rings. The fourth-order valence-corrected chi connectivity index (χ4v) is 3.98. The number of nitrogens with one attached hydrogen (secondary N) is 1. The van der Waals surface area contributed by atoms with E-state index in [1.165, 1.54) is 11.8 Å². The molecule has 0 spiro atoms. The standard InChI is InChI=1S/C23H20N4O2S/c1-15-9-8-14-20(24-15)26-21(28)16(2)30-23-25-19-13-7-6-12-18(19)22(29)27(23)17-10-4-3-5-11-17/h3-14,16H,1-2H3,(H,24,26,28). The van der Waals surface area contributed by atoms with Crippen molar-refractivity contribution in [2.45, 2.75) is 24.3 Å². The van der Waals surface area contributed by atoms with E-state index < -0.39 is 5.25 Å². The Labute approximate surface area is 178 Å². The molecule has 2 heterocycles. The van der Waals surface area contributed by atoms with Gasteiger partial charge in [-0.25, -0.2) is 9.97 Å². The van der Waals surface area contributed by atoms with Crippen molar-refractivity contribution in [3.8, 4) is 5.69 Å². The number of hydrogen-bond acceptors (Lipinski definition) is 5. The number of pyridine rings is 1. The second-order valence-corrected chi connectivity index (χ2v) is 8.11. The Morgan fingerprint density at radius 3 is 2.47 bits per heavy atom. The molecule has 1 unspecified atom stereocenters. The molecule has 0 aliphatic carbocycles. The van der Waals surface area contributed by atoms with Crippen LogP contribution in [0.15, 0.2) is 82.7 Å². The number of amides is 1. The highest BCUT2D eigenvalue weighted by Gasteiger charge is 2.20. The Morgan fingerprint density at radius 1 is 0.967 bits per heavy atom. The minimum Gasteiger partial charge on any atom is -0.310 e. The van der Waals surface area contributed by atoms with Gasteiger partial charge in [0.15, 0.2) is 5.16 Å². The van der Waals surface area contributed by atoms with Gasteiger partial charge in [0, 0.05) is 5.69 Å². The molecule has 0 saturated heterocycles. The molecule has 0 radical (unpaired) electrons. The van der Waals surface area contributed by atoms with Gasteiger partial charge in [0.1, 0.15) is 5.82 Å². The molecule has 1 N–H and O–H groups in total. The summed E-state index contributed by atoms with van der Waals surface area (Å²) in [5.41, 5.74) is 1.96. The van der Waals surface area contributed by atoms with Gasteiger partial charge in [-0.05, 0) is 50.2 Å². The van der Waals surface area contributed by atoms with Crippen molar-refractivity contribution < 1.29 is 4.79 Å². The van der Waals surface area contributed by atoms with Crippen LogP contribution in [0.25, 0.3) is 16.6 Å². The summed E-state index contributed by atoms with van der Waals surface area (Å²) in [6.07, 6.45) is 0. The van der Waals surface area contributed by atoms with Crippen LogP contribution in [0.3, 0.4) is 0 Å². The smallest absolute Gasteiger partial charge is 0.266 e. The average molecular weight is 417 g/mol. The second kappa shape index (κ2) is 8.51. The van der Waals surface area contributed by atoms with Crippen molar-refractivity contribution in [2.75, 3.05) is 5.32 Å². The first kappa shape index (κ1) is 19.8. The number of anilines is 1. The summed E-state index contributed by atoms with van der Waals surface area (Å²) in [5.74, 6) is 0.291. The molecule has 2 aromatic heterocycles. The summed E-state index contributed by atoms with van der Waals surface area (Å²) in [7, 11) is 0. The highest BCUT2D eigenvalue weighted by Crippen LogP contribution is 2.25. The molecule has 150 valence electrons. The third kappa shape index (κ3) is 4.11.